The zero-order chi connectivity index (χ0) is 14.5. The molecule has 1 unspecified atom stereocenters. The number of ether oxygens (including phenoxy) is 1. The van der Waals surface area contributed by atoms with Crippen LogP contribution in [-0.2, 0) is 0 Å². The van der Waals surface area contributed by atoms with Crippen molar-refractivity contribution in [2.45, 2.75) is 6.04 Å². The van der Waals surface area contributed by atoms with E-state index in [1.54, 1.807) is 25.3 Å². The van der Waals surface area contributed by atoms with Gasteiger partial charge in [0.15, 0.2) is 0 Å². The van der Waals surface area contributed by atoms with Crippen molar-refractivity contribution < 1.29 is 9.13 Å². The van der Waals surface area contributed by atoms with Gasteiger partial charge in [0, 0.05) is 16.6 Å². The molecule has 5 heteroatoms. The molecular formula is C15H16BrFN2O. The molecule has 0 amide bonds. The van der Waals surface area contributed by atoms with Crippen molar-refractivity contribution in [2.24, 2.45) is 5.73 Å². The van der Waals surface area contributed by atoms with Crippen molar-refractivity contribution in [3.05, 3.63) is 58.3 Å². The highest BCUT2D eigenvalue weighted by Gasteiger charge is 2.16. The average Bonchev–Trinajstić information content (AvgIpc) is 2.46. The molecular weight excluding hydrogens is 323 g/mol. The summed E-state index contributed by atoms with van der Waals surface area (Å²) in [7, 11) is 1.60. The molecule has 0 saturated carbocycles. The fraction of sp³-hybridized carbons (Fsp3) is 0.200. The molecule has 3 nitrogen and oxygen atoms in total. The van der Waals surface area contributed by atoms with Gasteiger partial charge in [0.1, 0.15) is 11.6 Å². The first kappa shape index (κ1) is 14.8. The lowest BCUT2D eigenvalue weighted by Gasteiger charge is -2.21. The minimum atomic E-state index is -0.306. The van der Waals surface area contributed by atoms with Crippen molar-refractivity contribution in [2.75, 3.05) is 19.0 Å². The van der Waals surface area contributed by atoms with E-state index in [4.69, 9.17) is 10.5 Å². The molecule has 0 spiro atoms. The normalized spacial score (nSPS) is 12.0. The van der Waals surface area contributed by atoms with Crippen molar-refractivity contribution >= 4 is 21.6 Å². The number of nitrogens with two attached hydrogens (primary N) is 1. The van der Waals surface area contributed by atoms with Crippen LogP contribution in [0.5, 0.6) is 5.75 Å². The van der Waals surface area contributed by atoms with E-state index in [0.717, 1.165) is 10.0 Å². The van der Waals surface area contributed by atoms with Crippen LogP contribution in [0, 0.1) is 5.82 Å². The fourth-order valence-corrected chi connectivity index (χ4v) is 2.39. The molecule has 106 valence electrons. The number of hydrogen-bond acceptors (Lipinski definition) is 3. The standard InChI is InChI=1S/C15H16BrFN2O/c1-20-15-7-6-10(16)8-11(15)14(9-18)19-13-5-3-2-4-12(13)17/h2-8,14,19H,9,18H2,1H3. The molecule has 0 bridgehead atoms. The van der Waals surface area contributed by atoms with Crippen molar-refractivity contribution in [3.63, 3.8) is 0 Å². The van der Waals surface area contributed by atoms with Crippen LogP contribution in [0.1, 0.15) is 11.6 Å². The van der Waals surface area contributed by atoms with Crippen molar-refractivity contribution in [1.29, 1.82) is 0 Å². The van der Waals surface area contributed by atoms with Crippen LogP contribution in [0.2, 0.25) is 0 Å². The summed E-state index contributed by atoms with van der Waals surface area (Å²) in [6, 6.07) is 11.9. The fourth-order valence-electron chi connectivity index (χ4n) is 2.01. The molecule has 2 aromatic rings. The van der Waals surface area contributed by atoms with E-state index in [1.165, 1.54) is 6.07 Å². The van der Waals surface area contributed by atoms with E-state index in [2.05, 4.69) is 21.2 Å². The van der Waals surface area contributed by atoms with E-state index in [-0.39, 0.29) is 11.9 Å². The molecule has 0 aromatic heterocycles. The molecule has 0 fully saturated rings. The summed E-state index contributed by atoms with van der Waals surface area (Å²) in [4.78, 5) is 0. The third-order valence-electron chi connectivity index (χ3n) is 3.01. The molecule has 1 atom stereocenters. The van der Waals surface area contributed by atoms with Crippen LogP contribution in [-0.4, -0.2) is 13.7 Å². The lowest BCUT2D eigenvalue weighted by molar-refractivity contribution is 0.407. The Kier molecular flexibility index (Phi) is 4.98. The largest absolute Gasteiger partial charge is 0.496 e. The lowest BCUT2D eigenvalue weighted by atomic mass is 10.1. The number of methoxy groups -OCH3 is 1. The van der Waals surface area contributed by atoms with Gasteiger partial charge >= 0.3 is 0 Å². The van der Waals surface area contributed by atoms with Gasteiger partial charge in [0.05, 0.1) is 18.8 Å². The number of para-hydroxylation sites is 1. The van der Waals surface area contributed by atoms with E-state index >= 15 is 0 Å². The van der Waals surface area contributed by atoms with Crippen molar-refractivity contribution in [3.8, 4) is 5.75 Å². The van der Waals surface area contributed by atoms with Gasteiger partial charge in [0.25, 0.3) is 0 Å². The van der Waals surface area contributed by atoms with Gasteiger partial charge in [0.2, 0.25) is 0 Å². The average molecular weight is 339 g/mol. The first-order valence-corrected chi connectivity index (χ1v) is 6.99. The van der Waals surface area contributed by atoms with E-state index < -0.39 is 0 Å². The molecule has 2 rings (SSSR count). The summed E-state index contributed by atoms with van der Waals surface area (Å²) >= 11 is 3.42. The number of hydrogen-bond donors (Lipinski definition) is 2. The van der Waals surface area contributed by atoms with Crippen LogP contribution < -0.4 is 15.8 Å². The molecule has 0 heterocycles. The number of benzene rings is 2. The molecule has 2 aromatic carbocycles. The van der Waals surface area contributed by atoms with Gasteiger partial charge in [-0.2, -0.15) is 0 Å². The molecule has 0 radical (unpaired) electrons. The second-order valence-corrected chi connectivity index (χ2v) is 5.21. The molecule has 0 aliphatic rings. The topological polar surface area (TPSA) is 47.3 Å². The monoisotopic (exact) mass is 338 g/mol. The molecule has 0 aliphatic heterocycles. The quantitative estimate of drug-likeness (QED) is 0.873. The number of anilines is 1. The van der Waals surface area contributed by atoms with E-state index in [0.29, 0.717) is 18.0 Å². The maximum Gasteiger partial charge on any atom is 0.146 e. The third kappa shape index (κ3) is 3.29. The predicted molar refractivity (Wildman–Crippen MR) is 82.5 cm³/mol. The molecule has 0 aliphatic carbocycles. The van der Waals surface area contributed by atoms with Gasteiger partial charge in [-0.15, -0.1) is 0 Å². The maximum absolute atomic E-state index is 13.7. The molecule has 20 heavy (non-hydrogen) atoms. The number of rotatable bonds is 5. The number of halogens is 2. The van der Waals surface area contributed by atoms with Crippen LogP contribution in [0.15, 0.2) is 46.9 Å². The van der Waals surface area contributed by atoms with Crippen LogP contribution in [0.4, 0.5) is 10.1 Å². The van der Waals surface area contributed by atoms with Crippen molar-refractivity contribution in [1.82, 2.24) is 0 Å². The van der Waals surface area contributed by atoms with E-state index in [1.807, 2.05) is 18.2 Å². The Hall–Kier alpha value is -1.59. The zero-order valence-electron chi connectivity index (χ0n) is 11.1. The van der Waals surface area contributed by atoms with Gasteiger partial charge in [-0.05, 0) is 30.3 Å². The van der Waals surface area contributed by atoms with Crippen LogP contribution >= 0.6 is 15.9 Å². The first-order chi connectivity index (χ1) is 9.65. The van der Waals surface area contributed by atoms with Crippen LogP contribution in [0.3, 0.4) is 0 Å². The van der Waals surface area contributed by atoms with Gasteiger partial charge in [-0.3, -0.25) is 0 Å². The van der Waals surface area contributed by atoms with Crippen LogP contribution in [0.25, 0.3) is 0 Å². The van der Waals surface area contributed by atoms with E-state index in [9.17, 15) is 4.39 Å². The molecule has 0 saturated heterocycles. The Morgan fingerprint density at radius 1 is 1.30 bits per heavy atom. The highest BCUT2D eigenvalue weighted by Crippen LogP contribution is 2.30. The second kappa shape index (κ2) is 6.72. The van der Waals surface area contributed by atoms with Gasteiger partial charge in [-0.1, -0.05) is 28.1 Å². The first-order valence-electron chi connectivity index (χ1n) is 6.20. The summed E-state index contributed by atoms with van der Waals surface area (Å²) in [5.74, 6) is 0.410. The Morgan fingerprint density at radius 3 is 2.70 bits per heavy atom. The Bertz CT molecular complexity index is 592. The summed E-state index contributed by atoms with van der Waals surface area (Å²) in [5.41, 5.74) is 7.12. The summed E-state index contributed by atoms with van der Waals surface area (Å²) < 4.78 is 20.0. The Labute approximate surface area is 126 Å². The number of nitrogens with one attached hydrogen (secondary N) is 1. The highest BCUT2D eigenvalue weighted by atomic mass is 79.9. The Morgan fingerprint density at radius 2 is 2.05 bits per heavy atom. The second-order valence-electron chi connectivity index (χ2n) is 4.30. The minimum Gasteiger partial charge on any atom is -0.496 e. The highest BCUT2D eigenvalue weighted by molar-refractivity contribution is 9.10. The SMILES string of the molecule is COc1ccc(Br)cc1C(CN)Nc1ccccc1F. The lowest BCUT2D eigenvalue weighted by Crippen LogP contribution is -2.21. The zero-order valence-corrected chi connectivity index (χ0v) is 12.7. The smallest absolute Gasteiger partial charge is 0.146 e. The predicted octanol–water partition coefficient (Wildman–Crippen LogP) is 3.71. The minimum absolute atomic E-state index is 0.237. The molecule has 3 N–H and O–H groups in total. The maximum atomic E-state index is 13.7. The third-order valence-corrected chi connectivity index (χ3v) is 3.50. The summed E-state index contributed by atoms with van der Waals surface area (Å²) in [6.07, 6.45) is 0. The van der Waals surface area contributed by atoms with Gasteiger partial charge < -0.3 is 15.8 Å². The summed E-state index contributed by atoms with van der Waals surface area (Å²) in [6.45, 7) is 0.321. The summed E-state index contributed by atoms with van der Waals surface area (Å²) in [5, 5.41) is 3.11. The Balaban J connectivity index is 2.33. The van der Waals surface area contributed by atoms with Gasteiger partial charge in [-0.25, -0.2) is 4.39 Å².